The lowest BCUT2D eigenvalue weighted by Crippen LogP contribution is -2.18. The Balaban J connectivity index is 1.75. The van der Waals surface area contributed by atoms with Gasteiger partial charge >= 0.3 is 5.97 Å². The van der Waals surface area contributed by atoms with Crippen LogP contribution in [0.3, 0.4) is 0 Å². The van der Waals surface area contributed by atoms with Gasteiger partial charge in [-0.1, -0.05) is 45.7 Å². The fourth-order valence-corrected chi connectivity index (χ4v) is 3.01. The van der Waals surface area contributed by atoms with Crippen molar-refractivity contribution < 1.29 is 14.3 Å². The van der Waals surface area contributed by atoms with E-state index in [1.165, 1.54) is 6.21 Å². The molecule has 0 aromatic heterocycles. The van der Waals surface area contributed by atoms with E-state index in [9.17, 15) is 9.59 Å². The molecule has 0 aliphatic carbocycles. The van der Waals surface area contributed by atoms with Crippen molar-refractivity contribution in [1.82, 2.24) is 5.43 Å². The van der Waals surface area contributed by atoms with Crippen molar-refractivity contribution in [3.05, 3.63) is 98.5 Å². The summed E-state index contributed by atoms with van der Waals surface area (Å²) < 4.78 is 6.25. The third-order valence-electron chi connectivity index (χ3n) is 4.01. The number of carbonyl (C=O) groups excluding carboxylic acids is 2. The van der Waals surface area contributed by atoms with Crippen LogP contribution in [0.2, 0.25) is 5.02 Å². The fraction of sp³-hybridized carbons (Fsp3) is 0.0455. The summed E-state index contributed by atoms with van der Waals surface area (Å²) in [5.41, 5.74) is 4.76. The van der Waals surface area contributed by atoms with Crippen LogP contribution in [0.5, 0.6) is 5.75 Å². The van der Waals surface area contributed by atoms with Crippen molar-refractivity contribution in [3.63, 3.8) is 0 Å². The third-order valence-corrected chi connectivity index (χ3v) is 4.76. The molecule has 3 aromatic rings. The van der Waals surface area contributed by atoms with Gasteiger partial charge in [-0.05, 0) is 61.0 Å². The highest BCUT2D eigenvalue weighted by Gasteiger charge is 2.12. The minimum Gasteiger partial charge on any atom is -0.422 e. The van der Waals surface area contributed by atoms with E-state index < -0.39 is 5.97 Å². The predicted molar refractivity (Wildman–Crippen MR) is 117 cm³/mol. The summed E-state index contributed by atoms with van der Waals surface area (Å²) in [4.78, 5) is 24.6. The first kappa shape index (κ1) is 20.8. The summed E-state index contributed by atoms with van der Waals surface area (Å²) in [6.45, 7) is 1.85. The molecule has 29 heavy (non-hydrogen) atoms. The third kappa shape index (κ3) is 5.53. The molecular formula is C22H16BrClN2O3. The van der Waals surface area contributed by atoms with Gasteiger partial charge in [-0.15, -0.1) is 0 Å². The Labute approximate surface area is 181 Å². The minimum absolute atomic E-state index is 0.307. The molecule has 3 rings (SSSR count). The molecule has 0 heterocycles. The Bertz CT molecular complexity index is 1080. The number of halogens is 2. The molecule has 146 valence electrons. The second-order valence-corrected chi connectivity index (χ2v) is 7.44. The number of rotatable bonds is 5. The van der Waals surface area contributed by atoms with Gasteiger partial charge in [0.25, 0.3) is 5.91 Å². The van der Waals surface area contributed by atoms with Crippen molar-refractivity contribution in [3.8, 4) is 5.75 Å². The van der Waals surface area contributed by atoms with Gasteiger partial charge < -0.3 is 4.74 Å². The average molecular weight is 472 g/mol. The van der Waals surface area contributed by atoms with E-state index in [2.05, 4.69) is 26.5 Å². The second-order valence-electron chi connectivity index (χ2n) is 6.09. The van der Waals surface area contributed by atoms with Gasteiger partial charge in [0.05, 0.1) is 11.8 Å². The summed E-state index contributed by atoms with van der Waals surface area (Å²) in [6.07, 6.45) is 1.42. The molecular weight excluding hydrogens is 456 g/mol. The lowest BCUT2D eigenvalue weighted by Gasteiger charge is -2.08. The van der Waals surface area contributed by atoms with Gasteiger partial charge in [0.1, 0.15) is 5.75 Å². The molecule has 0 saturated heterocycles. The Kier molecular flexibility index (Phi) is 6.80. The van der Waals surface area contributed by atoms with Gasteiger partial charge in [0, 0.05) is 20.6 Å². The second kappa shape index (κ2) is 9.49. The summed E-state index contributed by atoms with van der Waals surface area (Å²) >= 11 is 9.23. The van der Waals surface area contributed by atoms with E-state index in [1.54, 1.807) is 54.6 Å². The van der Waals surface area contributed by atoms with Crippen LogP contribution in [-0.4, -0.2) is 18.1 Å². The van der Waals surface area contributed by atoms with Crippen LogP contribution in [0.4, 0.5) is 0 Å². The predicted octanol–water partition coefficient (Wildman–Crippen LogP) is 5.39. The maximum absolute atomic E-state index is 12.4. The van der Waals surface area contributed by atoms with Crippen molar-refractivity contribution >= 4 is 45.6 Å². The highest BCUT2D eigenvalue weighted by molar-refractivity contribution is 9.10. The van der Waals surface area contributed by atoms with Crippen molar-refractivity contribution in [1.29, 1.82) is 0 Å². The molecule has 0 aliphatic heterocycles. The van der Waals surface area contributed by atoms with E-state index in [4.69, 9.17) is 16.3 Å². The first-order valence-electron chi connectivity index (χ1n) is 8.60. The topological polar surface area (TPSA) is 67.8 Å². The SMILES string of the molecule is Cc1ccccc1C(=O)N/N=C\c1cc(Br)ccc1OC(=O)c1ccc(Cl)cc1. The number of hydrogen-bond acceptors (Lipinski definition) is 4. The zero-order valence-electron chi connectivity index (χ0n) is 15.4. The molecule has 0 radical (unpaired) electrons. The number of nitrogens with one attached hydrogen (secondary N) is 1. The Morgan fingerprint density at radius 2 is 1.79 bits per heavy atom. The molecule has 0 unspecified atom stereocenters. The fourth-order valence-electron chi connectivity index (χ4n) is 2.51. The zero-order valence-corrected chi connectivity index (χ0v) is 17.7. The minimum atomic E-state index is -0.525. The number of nitrogens with zero attached hydrogens (tertiary/aromatic N) is 1. The Hall–Kier alpha value is -2.96. The number of ether oxygens (including phenoxy) is 1. The number of benzene rings is 3. The number of amides is 1. The number of hydrogen-bond donors (Lipinski definition) is 1. The maximum atomic E-state index is 12.4. The summed E-state index contributed by atoms with van der Waals surface area (Å²) in [5, 5.41) is 4.53. The molecule has 1 N–H and O–H groups in total. The molecule has 0 spiro atoms. The van der Waals surface area contributed by atoms with Crippen molar-refractivity contribution in [2.45, 2.75) is 6.92 Å². The van der Waals surface area contributed by atoms with Crippen LogP contribution >= 0.6 is 27.5 Å². The largest absolute Gasteiger partial charge is 0.422 e. The number of aryl methyl sites for hydroxylation is 1. The Morgan fingerprint density at radius 3 is 2.52 bits per heavy atom. The molecule has 0 bridgehead atoms. The lowest BCUT2D eigenvalue weighted by molar-refractivity contribution is 0.0734. The first-order valence-corrected chi connectivity index (χ1v) is 9.77. The lowest BCUT2D eigenvalue weighted by atomic mass is 10.1. The van der Waals surface area contributed by atoms with Crippen LogP contribution in [0.25, 0.3) is 0 Å². The normalized spacial score (nSPS) is 10.7. The molecule has 1 amide bonds. The van der Waals surface area contributed by atoms with E-state index in [0.717, 1.165) is 10.0 Å². The quantitative estimate of drug-likeness (QED) is 0.235. The maximum Gasteiger partial charge on any atom is 0.343 e. The first-order chi connectivity index (χ1) is 13.9. The van der Waals surface area contributed by atoms with E-state index >= 15 is 0 Å². The van der Waals surface area contributed by atoms with Crippen molar-refractivity contribution in [2.75, 3.05) is 0 Å². The van der Waals surface area contributed by atoms with E-state index in [0.29, 0.717) is 27.5 Å². The van der Waals surface area contributed by atoms with Crippen LogP contribution in [0.15, 0.2) is 76.3 Å². The van der Waals surface area contributed by atoms with Crippen molar-refractivity contribution in [2.24, 2.45) is 5.10 Å². The van der Waals surface area contributed by atoms with Gasteiger partial charge in [0.2, 0.25) is 0 Å². The molecule has 3 aromatic carbocycles. The monoisotopic (exact) mass is 470 g/mol. The van der Waals surface area contributed by atoms with Gasteiger partial charge in [-0.2, -0.15) is 5.10 Å². The smallest absolute Gasteiger partial charge is 0.343 e. The summed E-state index contributed by atoms with van der Waals surface area (Å²) in [5.74, 6) is -0.543. The zero-order chi connectivity index (χ0) is 20.8. The van der Waals surface area contributed by atoms with Gasteiger partial charge in [0.15, 0.2) is 0 Å². The highest BCUT2D eigenvalue weighted by atomic mass is 79.9. The van der Waals surface area contributed by atoms with Crippen LogP contribution in [0, 0.1) is 6.92 Å². The molecule has 0 atom stereocenters. The van der Waals surface area contributed by atoms with Crippen LogP contribution in [0.1, 0.15) is 31.8 Å². The Morgan fingerprint density at radius 1 is 1.07 bits per heavy atom. The standard InChI is InChI=1S/C22H16BrClN2O3/c1-14-4-2-3-5-19(14)21(27)26-25-13-16-12-17(23)8-11-20(16)29-22(28)15-6-9-18(24)10-7-15/h2-13H,1H3,(H,26,27)/b25-13-. The average Bonchev–Trinajstić information content (AvgIpc) is 2.70. The van der Waals surface area contributed by atoms with Gasteiger partial charge in [-0.3, -0.25) is 4.79 Å². The number of esters is 1. The van der Waals surface area contributed by atoms with Gasteiger partial charge in [-0.25, -0.2) is 10.2 Å². The van der Waals surface area contributed by atoms with Crippen LogP contribution < -0.4 is 10.2 Å². The summed E-state index contributed by atoms with van der Waals surface area (Å²) in [7, 11) is 0. The summed E-state index contributed by atoms with van der Waals surface area (Å²) in [6, 6.07) is 18.7. The van der Waals surface area contributed by atoms with E-state index in [-0.39, 0.29) is 5.91 Å². The molecule has 7 heteroatoms. The highest BCUT2D eigenvalue weighted by Crippen LogP contribution is 2.23. The molecule has 0 fully saturated rings. The number of carbonyl (C=O) groups is 2. The van der Waals surface area contributed by atoms with Crippen LogP contribution in [-0.2, 0) is 0 Å². The molecule has 5 nitrogen and oxygen atoms in total. The number of hydrazone groups is 1. The molecule has 0 saturated carbocycles. The van der Waals surface area contributed by atoms with E-state index in [1.807, 2.05) is 19.1 Å². The molecule has 0 aliphatic rings.